The van der Waals surface area contributed by atoms with Crippen LogP contribution in [0.3, 0.4) is 0 Å². The Morgan fingerprint density at radius 1 is 1.25 bits per heavy atom. The number of nitrogens with zero attached hydrogens (tertiary/aromatic N) is 2. The summed E-state index contributed by atoms with van der Waals surface area (Å²) < 4.78 is 49.7. The van der Waals surface area contributed by atoms with Gasteiger partial charge in [-0.25, -0.2) is 22.2 Å². The van der Waals surface area contributed by atoms with E-state index in [1.807, 2.05) is 4.90 Å². The molecule has 0 atom stereocenters. The third-order valence-corrected chi connectivity index (χ3v) is 4.71. The molecule has 0 bridgehead atoms. The predicted octanol–water partition coefficient (Wildman–Crippen LogP) is 1.01. The summed E-state index contributed by atoms with van der Waals surface area (Å²) in [6, 6.07) is 3.28. The first-order chi connectivity index (χ1) is 11.2. The third-order valence-electron chi connectivity index (χ3n) is 3.81. The SMILES string of the molecule is CS(=O)(=O)c1nc2c(c(=O)[nH]1)CCN(Cc1cc(F)cc(F)c1)C2. The van der Waals surface area contributed by atoms with Crippen molar-refractivity contribution in [2.75, 3.05) is 12.8 Å². The van der Waals surface area contributed by atoms with Crippen LogP contribution in [0.2, 0.25) is 0 Å². The summed E-state index contributed by atoms with van der Waals surface area (Å²) in [4.78, 5) is 20.2. The highest BCUT2D eigenvalue weighted by Gasteiger charge is 2.23. The van der Waals surface area contributed by atoms with Gasteiger partial charge in [-0.1, -0.05) is 0 Å². The van der Waals surface area contributed by atoms with E-state index in [0.29, 0.717) is 29.8 Å². The fraction of sp³-hybridized carbons (Fsp3) is 0.333. The van der Waals surface area contributed by atoms with Gasteiger partial charge >= 0.3 is 0 Å². The molecular formula is C15H15F2N3O3S. The molecule has 0 radical (unpaired) electrons. The van der Waals surface area contributed by atoms with Gasteiger partial charge in [0, 0.05) is 37.5 Å². The van der Waals surface area contributed by atoms with E-state index in [-0.39, 0.29) is 18.2 Å². The van der Waals surface area contributed by atoms with Gasteiger partial charge in [-0.2, -0.15) is 0 Å². The summed E-state index contributed by atoms with van der Waals surface area (Å²) in [5.74, 6) is -1.31. The topological polar surface area (TPSA) is 83.1 Å². The Labute approximate surface area is 137 Å². The van der Waals surface area contributed by atoms with Crippen LogP contribution < -0.4 is 5.56 Å². The van der Waals surface area contributed by atoms with Crippen LogP contribution in [0.15, 0.2) is 28.2 Å². The van der Waals surface area contributed by atoms with Crippen LogP contribution in [0, 0.1) is 11.6 Å². The Bertz CT molecular complexity index is 937. The largest absolute Gasteiger partial charge is 0.297 e. The highest BCUT2D eigenvalue weighted by molar-refractivity contribution is 7.90. The second-order valence-electron chi connectivity index (χ2n) is 5.81. The maximum Gasteiger partial charge on any atom is 0.255 e. The first kappa shape index (κ1) is 16.7. The van der Waals surface area contributed by atoms with E-state index in [0.717, 1.165) is 12.3 Å². The first-order valence-corrected chi connectivity index (χ1v) is 9.11. The van der Waals surface area contributed by atoms with Crippen molar-refractivity contribution < 1.29 is 17.2 Å². The molecular weight excluding hydrogens is 340 g/mol. The van der Waals surface area contributed by atoms with Gasteiger partial charge in [0.05, 0.1) is 5.69 Å². The van der Waals surface area contributed by atoms with Gasteiger partial charge < -0.3 is 0 Å². The van der Waals surface area contributed by atoms with Gasteiger partial charge in [0.1, 0.15) is 11.6 Å². The van der Waals surface area contributed by atoms with Gasteiger partial charge in [-0.15, -0.1) is 0 Å². The van der Waals surface area contributed by atoms with Gasteiger partial charge in [0.2, 0.25) is 15.0 Å². The fourth-order valence-electron chi connectivity index (χ4n) is 2.74. The maximum absolute atomic E-state index is 13.3. The normalized spacial score (nSPS) is 15.3. The molecule has 1 aromatic heterocycles. The van der Waals surface area contributed by atoms with Crippen molar-refractivity contribution in [2.24, 2.45) is 0 Å². The van der Waals surface area contributed by atoms with Crippen LogP contribution in [0.4, 0.5) is 8.78 Å². The summed E-state index contributed by atoms with van der Waals surface area (Å²) in [6.07, 6.45) is 1.35. The molecule has 1 N–H and O–H groups in total. The number of nitrogens with one attached hydrogen (secondary N) is 1. The minimum Gasteiger partial charge on any atom is -0.297 e. The maximum atomic E-state index is 13.3. The average Bonchev–Trinajstić information content (AvgIpc) is 2.44. The van der Waals surface area contributed by atoms with Crippen molar-refractivity contribution in [2.45, 2.75) is 24.7 Å². The number of hydrogen-bond donors (Lipinski definition) is 1. The summed E-state index contributed by atoms with van der Waals surface area (Å²) in [7, 11) is -3.63. The lowest BCUT2D eigenvalue weighted by atomic mass is 10.1. The lowest BCUT2D eigenvalue weighted by Crippen LogP contribution is -2.35. The predicted molar refractivity (Wildman–Crippen MR) is 82.1 cm³/mol. The number of rotatable bonds is 3. The number of hydrogen-bond acceptors (Lipinski definition) is 5. The zero-order valence-corrected chi connectivity index (χ0v) is 13.7. The molecule has 2 aromatic rings. The average molecular weight is 355 g/mol. The number of aromatic amines is 1. The van der Waals surface area contributed by atoms with E-state index in [1.165, 1.54) is 12.1 Å². The Kier molecular flexibility index (Phi) is 4.22. The smallest absolute Gasteiger partial charge is 0.255 e. The number of H-pyrrole nitrogens is 1. The van der Waals surface area contributed by atoms with E-state index in [4.69, 9.17) is 0 Å². The van der Waals surface area contributed by atoms with Crippen molar-refractivity contribution >= 4 is 9.84 Å². The second-order valence-corrected chi connectivity index (χ2v) is 7.74. The van der Waals surface area contributed by atoms with Crippen molar-refractivity contribution in [3.63, 3.8) is 0 Å². The molecule has 128 valence electrons. The van der Waals surface area contributed by atoms with Crippen LogP contribution in [0.5, 0.6) is 0 Å². The van der Waals surface area contributed by atoms with E-state index in [1.54, 1.807) is 0 Å². The number of benzene rings is 1. The van der Waals surface area contributed by atoms with Crippen LogP contribution in [0.25, 0.3) is 0 Å². The molecule has 0 saturated heterocycles. The lowest BCUT2D eigenvalue weighted by molar-refractivity contribution is 0.238. The number of fused-ring (bicyclic) bond motifs is 1. The Hall–Kier alpha value is -2.13. The van der Waals surface area contributed by atoms with Crippen LogP contribution in [0.1, 0.15) is 16.8 Å². The Morgan fingerprint density at radius 3 is 2.54 bits per heavy atom. The molecule has 0 unspecified atom stereocenters. The van der Waals surface area contributed by atoms with Crippen molar-refractivity contribution in [3.8, 4) is 0 Å². The van der Waals surface area contributed by atoms with E-state index < -0.39 is 27.0 Å². The molecule has 0 saturated carbocycles. The Morgan fingerprint density at radius 2 is 1.92 bits per heavy atom. The number of sulfone groups is 1. The zero-order chi connectivity index (χ0) is 17.5. The first-order valence-electron chi connectivity index (χ1n) is 7.22. The van der Waals surface area contributed by atoms with Crippen molar-refractivity contribution in [1.82, 2.24) is 14.9 Å². The minimum absolute atomic E-state index is 0.236. The van der Waals surface area contributed by atoms with Crippen molar-refractivity contribution in [1.29, 1.82) is 0 Å². The van der Waals surface area contributed by atoms with Crippen molar-refractivity contribution in [3.05, 3.63) is 57.0 Å². The zero-order valence-electron chi connectivity index (χ0n) is 12.8. The molecule has 24 heavy (non-hydrogen) atoms. The highest BCUT2D eigenvalue weighted by Crippen LogP contribution is 2.18. The number of aromatic nitrogens is 2. The summed E-state index contributed by atoms with van der Waals surface area (Å²) in [5, 5.41) is -0.370. The molecule has 6 nitrogen and oxygen atoms in total. The third kappa shape index (κ3) is 3.51. The molecule has 1 aliphatic rings. The molecule has 0 spiro atoms. The van der Waals surface area contributed by atoms with Gasteiger partial charge in [-0.3, -0.25) is 14.7 Å². The van der Waals surface area contributed by atoms with E-state index in [2.05, 4.69) is 9.97 Å². The molecule has 2 heterocycles. The molecule has 0 fully saturated rings. The minimum atomic E-state index is -3.63. The quantitative estimate of drug-likeness (QED) is 0.831. The molecule has 0 aliphatic carbocycles. The monoisotopic (exact) mass is 355 g/mol. The molecule has 1 aromatic carbocycles. The molecule has 3 rings (SSSR count). The molecule has 0 amide bonds. The van der Waals surface area contributed by atoms with Crippen LogP contribution in [-0.2, 0) is 29.3 Å². The van der Waals surface area contributed by atoms with Gasteiger partial charge in [-0.05, 0) is 24.1 Å². The second kappa shape index (κ2) is 6.06. The van der Waals surface area contributed by atoms with Crippen LogP contribution >= 0.6 is 0 Å². The summed E-state index contributed by atoms with van der Waals surface area (Å²) in [5.41, 5.74) is 0.826. The Balaban J connectivity index is 1.88. The highest BCUT2D eigenvalue weighted by atomic mass is 32.2. The van der Waals surface area contributed by atoms with E-state index >= 15 is 0 Å². The van der Waals surface area contributed by atoms with E-state index in [9.17, 15) is 22.0 Å². The van der Waals surface area contributed by atoms with Gasteiger partial charge in [0.25, 0.3) is 5.56 Å². The lowest BCUT2D eigenvalue weighted by Gasteiger charge is -2.27. The summed E-state index contributed by atoms with van der Waals surface area (Å²) in [6.45, 7) is 1.02. The molecule has 1 aliphatic heterocycles. The van der Waals surface area contributed by atoms with Crippen LogP contribution in [-0.4, -0.2) is 36.1 Å². The van der Waals surface area contributed by atoms with Gasteiger partial charge in [0.15, 0.2) is 0 Å². The standard InChI is InChI=1S/C15H15F2N3O3S/c1-24(22,23)15-18-13-8-20(3-2-12(13)14(21)19-15)7-9-4-10(16)6-11(17)5-9/h4-6H,2-3,7-8H2,1H3,(H,18,19,21). The fourth-order valence-corrected chi connectivity index (χ4v) is 3.30. The molecule has 9 heteroatoms. The summed E-state index contributed by atoms with van der Waals surface area (Å²) >= 11 is 0. The number of halogens is 2.